The summed E-state index contributed by atoms with van der Waals surface area (Å²) >= 11 is 0. The zero-order valence-corrected chi connectivity index (χ0v) is 13.2. The van der Waals surface area contributed by atoms with Crippen LogP contribution in [0.1, 0.15) is 36.4 Å². The molecule has 0 aromatic heterocycles. The molecule has 0 unspecified atom stereocenters. The van der Waals surface area contributed by atoms with E-state index in [0.29, 0.717) is 13.0 Å². The lowest BCUT2D eigenvalue weighted by Gasteiger charge is -2.37. The van der Waals surface area contributed by atoms with E-state index in [-0.39, 0.29) is 17.8 Å². The van der Waals surface area contributed by atoms with Gasteiger partial charge in [-0.3, -0.25) is 9.69 Å². The zero-order valence-electron chi connectivity index (χ0n) is 13.2. The van der Waals surface area contributed by atoms with Crippen LogP contribution in [0.3, 0.4) is 0 Å². The number of likely N-dealkylation sites (tertiary alicyclic amines) is 1. The number of ether oxygens (including phenoxy) is 1. The van der Waals surface area contributed by atoms with Crippen molar-refractivity contribution >= 4 is 11.9 Å². The lowest BCUT2D eigenvalue weighted by atomic mass is 9.91. The Kier molecular flexibility index (Phi) is 5.55. The van der Waals surface area contributed by atoms with Gasteiger partial charge in [0.2, 0.25) is 5.91 Å². The van der Waals surface area contributed by atoms with Crippen LogP contribution in [0.25, 0.3) is 0 Å². The number of carbonyl (C=O) groups excluding carboxylic acids is 2. The largest absolute Gasteiger partial charge is 0.468 e. The first-order valence-electron chi connectivity index (χ1n) is 7.68. The van der Waals surface area contributed by atoms with Crippen LogP contribution in [-0.4, -0.2) is 37.0 Å². The molecule has 1 aliphatic rings. The van der Waals surface area contributed by atoms with Crippen LogP contribution in [0.15, 0.2) is 24.3 Å². The summed E-state index contributed by atoms with van der Waals surface area (Å²) in [4.78, 5) is 25.6. The summed E-state index contributed by atoms with van der Waals surface area (Å²) in [7, 11) is 1.42. The molecule has 2 N–H and O–H groups in total. The van der Waals surface area contributed by atoms with Gasteiger partial charge in [0, 0.05) is 13.0 Å². The van der Waals surface area contributed by atoms with Crippen LogP contribution in [0.2, 0.25) is 0 Å². The fourth-order valence-corrected chi connectivity index (χ4v) is 3.26. The van der Waals surface area contributed by atoms with Crippen molar-refractivity contribution in [1.29, 1.82) is 0 Å². The van der Waals surface area contributed by atoms with Crippen molar-refractivity contribution in [3.8, 4) is 0 Å². The Morgan fingerprint density at radius 1 is 1.41 bits per heavy atom. The van der Waals surface area contributed by atoms with Crippen molar-refractivity contribution in [3.05, 3.63) is 35.4 Å². The number of carbonyl (C=O) groups is 2. The minimum Gasteiger partial charge on any atom is -0.468 e. The van der Waals surface area contributed by atoms with Crippen molar-refractivity contribution in [3.63, 3.8) is 0 Å². The van der Waals surface area contributed by atoms with Crippen LogP contribution in [0.5, 0.6) is 0 Å². The summed E-state index contributed by atoms with van der Waals surface area (Å²) in [5, 5.41) is 0. The van der Waals surface area contributed by atoms with Crippen molar-refractivity contribution in [2.24, 2.45) is 11.7 Å². The number of nitrogens with two attached hydrogens (primary N) is 1. The molecule has 0 saturated carbocycles. The molecule has 2 rings (SSSR count). The monoisotopic (exact) mass is 304 g/mol. The Bertz CT molecular complexity index is 544. The molecule has 1 amide bonds. The summed E-state index contributed by atoms with van der Waals surface area (Å²) in [6, 6.07) is 7.44. The van der Waals surface area contributed by atoms with E-state index in [1.165, 1.54) is 7.11 Å². The molecule has 0 radical (unpaired) electrons. The number of benzene rings is 1. The highest BCUT2D eigenvalue weighted by molar-refractivity contribution is 5.78. The summed E-state index contributed by atoms with van der Waals surface area (Å²) in [5.41, 5.74) is 7.35. The van der Waals surface area contributed by atoms with Gasteiger partial charge in [-0.15, -0.1) is 0 Å². The third kappa shape index (κ3) is 3.85. The smallest absolute Gasteiger partial charge is 0.327 e. The highest BCUT2D eigenvalue weighted by atomic mass is 16.5. The van der Waals surface area contributed by atoms with Gasteiger partial charge in [-0.2, -0.15) is 0 Å². The number of primary amides is 1. The summed E-state index contributed by atoms with van der Waals surface area (Å²) < 4.78 is 5.02. The molecule has 1 fully saturated rings. The van der Waals surface area contributed by atoms with E-state index in [2.05, 4.69) is 4.90 Å². The van der Waals surface area contributed by atoms with Gasteiger partial charge in [0.15, 0.2) is 0 Å². The highest BCUT2D eigenvalue weighted by Crippen LogP contribution is 2.30. The van der Waals surface area contributed by atoms with Gasteiger partial charge in [0.25, 0.3) is 0 Å². The Morgan fingerprint density at radius 3 is 2.77 bits per heavy atom. The maximum atomic E-state index is 12.3. The van der Waals surface area contributed by atoms with Gasteiger partial charge in [0.05, 0.1) is 7.11 Å². The summed E-state index contributed by atoms with van der Waals surface area (Å²) in [6.45, 7) is 3.51. The Labute approximate surface area is 131 Å². The van der Waals surface area contributed by atoms with Crippen molar-refractivity contribution < 1.29 is 14.3 Å². The van der Waals surface area contributed by atoms with Gasteiger partial charge >= 0.3 is 5.97 Å². The average molecular weight is 304 g/mol. The maximum absolute atomic E-state index is 12.3. The molecule has 22 heavy (non-hydrogen) atoms. The van der Waals surface area contributed by atoms with Crippen LogP contribution in [0.4, 0.5) is 0 Å². The predicted octanol–water partition coefficient (Wildman–Crippen LogP) is 1.80. The molecule has 1 heterocycles. The molecule has 5 heteroatoms. The number of hydrogen-bond donors (Lipinski definition) is 1. The van der Waals surface area contributed by atoms with Crippen LogP contribution in [0, 0.1) is 12.8 Å². The molecule has 1 aliphatic heterocycles. The van der Waals surface area contributed by atoms with Crippen molar-refractivity contribution in [2.75, 3.05) is 20.2 Å². The number of hydrogen-bond acceptors (Lipinski definition) is 4. The Balaban J connectivity index is 2.24. The maximum Gasteiger partial charge on any atom is 0.327 e. The minimum absolute atomic E-state index is 0.211. The number of nitrogens with zero attached hydrogens (tertiary/aromatic N) is 1. The second kappa shape index (κ2) is 7.40. The number of aryl methyl sites for hydroxylation is 1. The van der Waals surface area contributed by atoms with E-state index in [4.69, 9.17) is 10.5 Å². The number of methoxy groups -OCH3 is 1. The average Bonchev–Trinajstić information content (AvgIpc) is 2.49. The van der Waals surface area contributed by atoms with Gasteiger partial charge in [0.1, 0.15) is 6.04 Å². The van der Waals surface area contributed by atoms with E-state index in [1.54, 1.807) is 0 Å². The zero-order chi connectivity index (χ0) is 16.1. The fourth-order valence-electron chi connectivity index (χ4n) is 3.26. The molecule has 0 aliphatic carbocycles. The first kappa shape index (κ1) is 16.5. The number of amides is 1. The summed E-state index contributed by atoms with van der Waals surface area (Å²) in [6.07, 6.45) is 2.30. The minimum atomic E-state index is -0.415. The van der Waals surface area contributed by atoms with Crippen molar-refractivity contribution in [2.45, 2.75) is 32.2 Å². The summed E-state index contributed by atoms with van der Waals surface area (Å²) in [5.74, 6) is -0.325. The van der Waals surface area contributed by atoms with Crippen LogP contribution < -0.4 is 5.73 Å². The van der Waals surface area contributed by atoms with E-state index < -0.39 is 6.04 Å². The van der Waals surface area contributed by atoms with Crippen LogP contribution in [-0.2, 0) is 14.3 Å². The molecule has 1 aromatic carbocycles. The lowest BCUT2D eigenvalue weighted by Crippen LogP contribution is -2.42. The van der Waals surface area contributed by atoms with Crippen LogP contribution >= 0.6 is 0 Å². The quantitative estimate of drug-likeness (QED) is 0.842. The number of esters is 1. The van der Waals surface area contributed by atoms with E-state index in [1.807, 2.05) is 31.2 Å². The second-order valence-electron chi connectivity index (χ2n) is 5.96. The third-order valence-electron chi connectivity index (χ3n) is 4.31. The van der Waals surface area contributed by atoms with E-state index >= 15 is 0 Å². The van der Waals surface area contributed by atoms with E-state index in [0.717, 1.165) is 30.5 Å². The lowest BCUT2D eigenvalue weighted by molar-refractivity contribution is -0.148. The van der Waals surface area contributed by atoms with E-state index in [9.17, 15) is 9.59 Å². The highest BCUT2D eigenvalue weighted by Gasteiger charge is 2.33. The normalized spacial score (nSPS) is 20.4. The van der Waals surface area contributed by atoms with Gasteiger partial charge in [-0.25, -0.2) is 4.79 Å². The molecule has 0 bridgehead atoms. The van der Waals surface area contributed by atoms with Crippen molar-refractivity contribution in [1.82, 2.24) is 4.90 Å². The molecule has 120 valence electrons. The SMILES string of the molecule is COC(=O)[C@H](c1ccccc1C)N1CCC[C@H](CC(N)=O)C1. The van der Waals surface area contributed by atoms with Gasteiger partial charge in [-0.05, 0) is 43.4 Å². The number of piperidine rings is 1. The first-order valence-corrected chi connectivity index (χ1v) is 7.68. The first-order chi connectivity index (χ1) is 10.5. The molecular weight excluding hydrogens is 280 g/mol. The topological polar surface area (TPSA) is 72.6 Å². The predicted molar refractivity (Wildman–Crippen MR) is 84.0 cm³/mol. The van der Waals surface area contributed by atoms with Gasteiger partial charge in [-0.1, -0.05) is 24.3 Å². The van der Waals surface area contributed by atoms with Gasteiger partial charge < -0.3 is 10.5 Å². The molecule has 2 atom stereocenters. The molecular formula is C17H24N2O3. The molecule has 0 spiro atoms. The molecule has 5 nitrogen and oxygen atoms in total. The molecule has 1 aromatic rings. The Morgan fingerprint density at radius 2 is 2.14 bits per heavy atom. The number of rotatable bonds is 5. The Hall–Kier alpha value is -1.88. The standard InChI is InChI=1S/C17H24N2O3/c1-12-6-3-4-8-14(12)16(17(21)22-2)19-9-5-7-13(11-19)10-15(18)20/h3-4,6,8,13,16H,5,7,9-11H2,1-2H3,(H2,18,20)/t13-,16+/m1/s1. The molecule has 1 saturated heterocycles. The third-order valence-corrected chi connectivity index (χ3v) is 4.31. The second-order valence-corrected chi connectivity index (χ2v) is 5.96. The fraction of sp³-hybridized carbons (Fsp3) is 0.529.